The summed E-state index contributed by atoms with van der Waals surface area (Å²) in [7, 11) is 1.00. The highest BCUT2D eigenvalue weighted by Crippen LogP contribution is 1.78. The first kappa shape index (κ1) is 9.55. The molecule has 0 saturated carbocycles. The van der Waals surface area contributed by atoms with E-state index in [0.29, 0.717) is 0 Å². The average Bonchev–Trinajstić information content (AvgIpc) is 1.41. The van der Waals surface area contributed by atoms with E-state index in [1.165, 1.54) is 0 Å². The van der Waals surface area contributed by atoms with Gasteiger partial charge in [-0.15, -0.1) is 12.6 Å². The molecule has 40 valence electrons. The Balaban J connectivity index is 0. The zero-order valence-corrected chi connectivity index (χ0v) is 4.81. The Bertz CT molecular complexity index is 13.5. The van der Waals surface area contributed by atoms with Crippen LogP contribution in [-0.4, -0.2) is 22.8 Å². The molecule has 3 heteroatoms. The molecule has 1 atom stereocenters. The second-order valence-electron chi connectivity index (χ2n) is 0.632. The monoisotopic (exact) mass is 110 g/mol. The number of thiol groups is 1. The molecule has 0 spiro atoms. The number of hydrogen-bond donors (Lipinski definition) is 3. The quantitative estimate of drug-likeness (QED) is 0.300. The van der Waals surface area contributed by atoms with Crippen molar-refractivity contribution in [2.24, 2.45) is 0 Å². The highest BCUT2D eigenvalue weighted by Gasteiger charge is 1.70. The lowest BCUT2D eigenvalue weighted by Crippen LogP contribution is -1.79. The Morgan fingerprint density at radius 1 is 1.50 bits per heavy atom. The van der Waals surface area contributed by atoms with Crippen LogP contribution in [0.5, 0.6) is 0 Å². The first-order valence-corrected chi connectivity index (χ1v) is 2.06. The number of aliphatic hydroxyl groups is 2. The van der Waals surface area contributed by atoms with Crippen LogP contribution in [0.25, 0.3) is 0 Å². The lowest BCUT2D eigenvalue weighted by molar-refractivity contribution is 0.286. The molecule has 0 aromatic rings. The van der Waals surface area contributed by atoms with Gasteiger partial charge in [0, 0.05) is 7.11 Å². The molecule has 2 N–H and O–H groups in total. The van der Waals surface area contributed by atoms with Crippen LogP contribution >= 0.6 is 12.6 Å². The summed E-state index contributed by atoms with van der Waals surface area (Å²) in [5.41, 5.74) is -0.472. The molecule has 1 unspecified atom stereocenters. The third-order valence-corrected chi connectivity index (χ3v) is 0. The summed E-state index contributed by atoms with van der Waals surface area (Å²) in [6.07, 6.45) is 0. The molecule has 2 nitrogen and oxygen atoms in total. The highest BCUT2D eigenvalue weighted by molar-refractivity contribution is 7.80. The summed E-state index contributed by atoms with van der Waals surface area (Å²) in [4.78, 5) is 0. The highest BCUT2D eigenvalue weighted by atomic mass is 32.1. The van der Waals surface area contributed by atoms with E-state index in [-0.39, 0.29) is 0 Å². The van der Waals surface area contributed by atoms with Gasteiger partial charge in [-0.3, -0.25) is 0 Å². The van der Waals surface area contributed by atoms with Gasteiger partial charge in [0.15, 0.2) is 0 Å². The molecule has 0 fully saturated rings. The minimum atomic E-state index is -0.472. The third kappa shape index (κ3) is 626. The van der Waals surface area contributed by atoms with Crippen molar-refractivity contribution in [3.63, 3.8) is 0 Å². The van der Waals surface area contributed by atoms with Gasteiger partial charge in [-0.05, 0) is 6.92 Å². The van der Waals surface area contributed by atoms with E-state index in [2.05, 4.69) is 12.6 Å². The van der Waals surface area contributed by atoms with Crippen molar-refractivity contribution in [2.75, 3.05) is 7.11 Å². The average molecular weight is 110 g/mol. The topological polar surface area (TPSA) is 40.5 Å². The molecule has 0 aliphatic heterocycles. The van der Waals surface area contributed by atoms with E-state index in [4.69, 9.17) is 10.2 Å². The molecule has 0 bridgehead atoms. The van der Waals surface area contributed by atoms with Gasteiger partial charge < -0.3 is 10.2 Å². The van der Waals surface area contributed by atoms with Gasteiger partial charge in [-0.2, -0.15) is 0 Å². The van der Waals surface area contributed by atoms with Crippen molar-refractivity contribution < 1.29 is 10.2 Å². The molecular formula is C3H10O2S. The molecule has 0 heterocycles. The Morgan fingerprint density at radius 2 is 1.50 bits per heavy atom. The van der Waals surface area contributed by atoms with Crippen LogP contribution in [0.2, 0.25) is 0 Å². The first-order valence-electron chi connectivity index (χ1n) is 1.54. The molecule has 0 rings (SSSR count). The van der Waals surface area contributed by atoms with Gasteiger partial charge in [-0.1, -0.05) is 0 Å². The minimum absolute atomic E-state index is 0.472. The second kappa shape index (κ2) is 8.99. The molecule has 0 aliphatic rings. The summed E-state index contributed by atoms with van der Waals surface area (Å²) in [6.45, 7) is 1.59. The predicted octanol–water partition coefficient (Wildman–Crippen LogP) is -0.137. The second-order valence-corrected chi connectivity index (χ2v) is 1.38. The number of rotatable bonds is 0. The summed E-state index contributed by atoms with van der Waals surface area (Å²) in [5.74, 6) is 0. The fourth-order valence-corrected chi connectivity index (χ4v) is 0. The normalized spacial score (nSPS) is 11.5. The number of aliphatic hydroxyl groups excluding tert-OH is 2. The van der Waals surface area contributed by atoms with Crippen LogP contribution in [0.3, 0.4) is 0 Å². The van der Waals surface area contributed by atoms with E-state index in [1.807, 2.05) is 0 Å². The lowest BCUT2D eigenvalue weighted by atomic mass is 10.9. The van der Waals surface area contributed by atoms with Crippen LogP contribution in [0.1, 0.15) is 6.92 Å². The largest absolute Gasteiger partial charge is 0.400 e. The zero-order valence-electron chi connectivity index (χ0n) is 3.92. The number of hydrogen-bond acceptors (Lipinski definition) is 3. The predicted molar refractivity (Wildman–Crippen MR) is 28.8 cm³/mol. The standard InChI is InChI=1S/C2H6OS.CH4O/c1-2(3)4;1-2/h2-4H,1H3;2H,1H3. The van der Waals surface area contributed by atoms with Gasteiger partial charge in [0.1, 0.15) is 0 Å². The third-order valence-electron chi connectivity index (χ3n) is 0. The maximum atomic E-state index is 7.92. The van der Waals surface area contributed by atoms with Crippen LogP contribution in [-0.2, 0) is 0 Å². The van der Waals surface area contributed by atoms with Crippen LogP contribution in [0, 0.1) is 0 Å². The van der Waals surface area contributed by atoms with Crippen LogP contribution in [0.4, 0.5) is 0 Å². The molecule has 0 aromatic heterocycles. The van der Waals surface area contributed by atoms with Crippen molar-refractivity contribution in [1.82, 2.24) is 0 Å². The van der Waals surface area contributed by atoms with Gasteiger partial charge in [-0.25, -0.2) is 0 Å². The Labute approximate surface area is 43.2 Å². The molecule has 0 amide bonds. The Kier molecular flexibility index (Phi) is 14.3. The summed E-state index contributed by atoms with van der Waals surface area (Å²) in [5, 5.41) is 14.9. The maximum absolute atomic E-state index is 7.92. The van der Waals surface area contributed by atoms with E-state index in [9.17, 15) is 0 Å². The van der Waals surface area contributed by atoms with Gasteiger partial charge >= 0.3 is 0 Å². The van der Waals surface area contributed by atoms with Crippen molar-refractivity contribution in [2.45, 2.75) is 12.4 Å². The summed E-state index contributed by atoms with van der Waals surface area (Å²) >= 11 is 3.52. The van der Waals surface area contributed by atoms with Crippen molar-refractivity contribution in [3.05, 3.63) is 0 Å². The smallest absolute Gasteiger partial charge is 0.0936 e. The molecule has 0 aliphatic carbocycles. The first-order chi connectivity index (χ1) is 2.73. The minimum Gasteiger partial charge on any atom is -0.400 e. The van der Waals surface area contributed by atoms with Crippen LogP contribution in [0.15, 0.2) is 0 Å². The molecule has 0 saturated heterocycles. The van der Waals surface area contributed by atoms with Gasteiger partial charge in [0.05, 0.1) is 5.44 Å². The molecule has 0 radical (unpaired) electrons. The van der Waals surface area contributed by atoms with E-state index in [0.717, 1.165) is 7.11 Å². The van der Waals surface area contributed by atoms with Gasteiger partial charge in [0.2, 0.25) is 0 Å². The van der Waals surface area contributed by atoms with E-state index >= 15 is 0 Å². The molecule has 0 aromatic carbocycles. The fraction of sp³-hybridized carbons (Fsp3) is 1.00. The summed E-state index contributed by atoms with van der Waals surface area (Å²) < 4.78 is 0. The van der Waals surface area contributed by atoms with Crippen molar-refractivity contribution in [3.8, 4) is 0 Å². The maximum Gasteiger partial charge on any atom is 0.0936 e. The lowest BCUT2D eigenvalue weighted by Gasteiger charge is -1.79. The van der Waals surface area contributed by atoms with Crippen molar-refractivity contribution >= 4 is 12.6 Å². The summed E-state index contributed by atoms with van der Waals surface area (Å²) in [6, 6.07) is 0. The van der Waals surface area contributed by atoms with Crippen molar-refractivity contribution in [1.29, 1.82) is 0 Å². The Morgan fingerprint density at radius 3 is 1.50 bits per heavy atom. The SMILES string of the molecule is CC(O)S.CO. The van der Waals surface area contributed by atoms with Crippen LogP contribution < -0.4 is 0 Å². The zero-order chi connectivity index (χ0) is 5.58. The van der Waals surface area contributed by atoms with Gasteiger partial charge in [0.25, 0.3) is 0 Å². The Hall–Kier alpha value is 0.270. The molecular weight excluding hydrogens is 100 g/mol. The van der Waals surface area contributed by atoms with E-state index in [1.54, 1.807) is 6.92 Å². The molecule has 6 heavy (non-hydrogen) atoms. The van der Waals surface area contributed by atoms with E-state index < -0.39 is 5.44 Å². The fourth-order valence-electron chi connectivity index (χ4n) is 0.